The van der Waals surface area contributed by atoms with Crippen molar-refractivity contribution in [2.45, 2.75) is 6.10 Å². The van der Waals surface area contributed by atoms with Crippen LogP contribution in [0.3, 0.4) is 0 Å². The van der Waals surface area contributed by atoms with Crippen LogP contribution in [-0.4, -0.2) is 32.9 Å². The average molecular weight is 186 g/mol. The molecule has 0 aliphatic carbocycles. The molecule has 0 aromatic heterocycles. The first-order valence-corrected chi connectivity index (χ1v) is 3.70. The van der Waals surface area contributed by atoms with Crippen molar-refractivity contribution < 1.29 is 19.0 Å². The summed E-state index contributed by atoms with van der Waals surface area (Å²) in [6.45, 7) is 7.53. The minimum atomic E-state index is -0.394. The first kappa shape index (κ1) is 11.7. The highest BCUT2D eigenvalue weighted by atomic mass is 16.6. The first-order chi connectivity index (χ1) is 6.15. The van der Waals surface area contributed by atoms with Crippen LogP contribution in [0.2, 0.25) is 0 Å². The van der Waals surface area contributed by atoms with Gasteiger partial charge in [-0.2, -0.15) is 0 Å². The van der Waals surface area contributed by atoms with Crippen molar-refractivity contribution in [2.24, 2.45) is 0 Å². The Morgan fingerprint density at radius 2 is 2.08 bits per heavy atom. The third kappa shape index (κ3) is 5.93. The minimum absolute atomic E-state index is 0.199. The predicted octanol–water partition coefficient (Wildman–Crippen LogP) is 0.891. The second-order valence-electron chi connectivity index (χ2n) is 2.22. The van der Waals surface area contributed by atoms with Gasteiger partial charge in [0, 0.05) is 6.08 Å². The molecule has 1 aliphatic rings. The summed E-state index contributed by atoms with van der Waals surface area (Å²) < 4.78 is 13.7. The van der Waals surface area contributed by atoms with E-state index in [1.165, 1.54) is 7.11 Å². The van der Waals surface area contributed by atoms with Crippen LogP contribution in [0.25, 0.3) is 0 Å². The van der Waals surface area contributed by atoms with Crippen molar-refractivity contribution in [1.29, 1.82) is 0 Å². The van der Waals surface area contributed by atoms with Crippen molar-refractivity contribution in [3.63, 3.8) is 0 Å². The Kier molecular flexibility index (Phi) is 5.63. The van der Waals surface area contributed by atoms with E-state index in [-0.39, 0.29) is 6.10 Å². The summed E-state index contributed by atoms with van der Waals surface area (Å²) >= 11 is 0. The molecule has 4 nitrogen and oxygen atoms in total. The molecule has 0 saturated carbocycles. The Labute approximate surface area is 77.8 Å². The molecule has 1 fully saturated rings. The molecule has 1 atom stereocenters. The molecule has 0 bridgehead atoms. The molecule has 0 aromatic carbocycles. The molecule has 13 heavy (non-hydrogen) atoms. The van der Waals surface area contributed by atoms with Gasteiger partial charge in [-0.25, -0.2) is 4.79 Å². The molecule has 0 spiro atoms. The second-order valence-corrected chi connectivity index (χ2v) is 2.22. The number of esters is 1. The third-order valence-electron chi connectivity index (χ3n) is 1.32. The van der Waals surface area contributed by atoms with Crippen LogP contribution < -0.4 is 0 Å². The smallest absolute Gasteiger partial charge is 0.329 e. The van der Waals surface area contributed by atoms with Gasteiger partial charge >= 0.3 is 5.97 Å². The van der Waals surface area contributed by atoms with Gasteiger partial charge in [0.2, 0.25) is 0 Å². The average Bonchev–Trinajstić information content (AvgIpc) is 2.99. The van der Waals surface area contributed by atoms with E-state index in [4.69, 9.17) is 9.47 Å². The van der Waals surface area contributed by atoms with Gasteiger partial charge in [-0.05, 0) is 0 Å². The van der Waals surface area contributed by atoms with Gasteiger partial charge in [-0.3, -0.25) is 0 Å². The Bertz CT molecular complexity index is 194. The maximum atomic E-state index is 9.84. The van der Waals surface area contributed by atoms with Gasteiger partial charge in [-0.1, -0.05) is 13.2 Å². The van der Waals surface area contributed by atoms with E-state index in [2.05, 4.69) is 17.9 Å². The van der Waals surface area contributed by atoms with E-state index >= 15 is 0 Å². The molecule has 74 valence electrons. The highest BCUT2D eigenvalue weighted by Crippen LogP contribution is 2.17. The van der Waals surface area contributed by atoms with E-state index in [9.17, 15) is 4.79 Å². The lowest BCUT2D eigenvalue weighted by Gasteiger charge is -1.94. The van der Waals surface area contributed by atoms with E-state index in [1.54, 1.807) is 7.11 Å². The molecule has 1 heterocycles. The number of hydrogen-bond acceptors (Lipinski definition) is 4. The molecule has 0 radical (unpaired) electrons. The largest absolute Gasteiger partial charge is 0.499 e. The lowest BCUT2D eigenvalue weighted by atomic mass is 10.4. The normalized spacial score (nSPS) is 17.5. The summed E-state index contributed by atoms with van der Waals surface area (Å²) in [7, 11) is 2.91. The molecular formula is C9H14O4. The monoisotopic (exact) mass is 186 g/mol. The first-order valence-electron chi connectivity index (χ1n) is 3.70. The zero-order valence-corrected chi connectivity index (χ0v) is 7.91. The molecule has 0 N–H and O–H groups in total. The number of ether oxygens (including phenoxy) is 3. The zero-order valence-electron chi connectivity index (χ0n) is 7.91. The Morgan fingerprint density at radius 3 is 2.15 bits per heavy atom. The topological polar surface area (TPSA) is 48.1 Å². The third-order valence-corrected chi connectivity index (χ3v) is 1.32. The quantitative estimate of drug-likeness (QED) is 0.284. The van der Waals surface area contributed by atoms with Gasteiger partial charge in [0.1, 0.15) is 11.9 Å². The van der Waals surface area contributed by atoms with Gasteiger partial charge in [0.25, 0.3) is 0 Å². The summed E-state index contributed by atoms with van der Waals surface area (Å²) in [5.74, 6) is 0.343. The van der Waals surface area contributed by atoms with Crippen molar-refractivity contribution >= 4 is 5.97 Å². The van der Waals surface area contributed by atoms with Crippen LogP contribution in [0.5, 0.6) is 0 Å². The molecule has 4 heteroatoms. The summed E-state index contributed by atoms with van der Waals surface area (Å²) in [5, 5.41) is 0. The van der Waals surface area contributed by atoms with Crippen molar-refractivity contribution in [3.8, 4) is 0 Å². The van der Waals surface area contributed by atoms with Gasteiger partial charge in [-0.15, -0.1) is 0 Å². The summed E-state index contributed by atoms with van der Waals surface area (Å²) in [6, 6.07) is 0. The molecule has 1 unspecified atom stereocenters. The van der Waals surface area contributed by atoms with Crippen LogP contribution in [-0.2, 0) is 19.0 Å². The summed E-state index contributed by atoms with van der Waals surface area (Å²) in [4.78, 5) is 9.84. The fraction of sp³-hybridized carbons (Fsp3) is 0.444. The van der Waals surface area contributed by atoms with E-state index in [1.807, 2.05) is 0 Å². The lowest BCUT2D eigenvalue weighted by Crippen LogP contribution is -1.91. The van der Waals surface area contributed by atoms with Crippen molar-refractivity contribution in [3.05, 3.63) is 25.0 Å². The molecule has 1 aliphatic heterocycles. The van der Waals surface area contributed by atoms with Crippen LogP contribution >= 0.6 is 0 Å². The summed E-state index contributed by atoms with van der Waals surface area (Å²) in [6.07, 6.45) is 1.31. The standard InChI is InChI=1S/C5H8O2.C4H6O2/c1-4(6-2)5-3-7-5;1-3-4(5)6-2/h5H,1,3H2,2H3;3H,1H2,2H3. The van der Waals surface area contributed by atoms with Gasteiger partial charge < -0.3 is 14.2 Å². The maximum Gasteiger partial charge on any atom is 0.329 e. The Balaban J connectivity index is 0.000000226. The number of carbonyl (C=O) groups excluding carboxylic acids is 1. The van der Waals surface area contributed by atoms with Crippen molar-refractivity contribution in [2.75, 3.05) is 20.8 Å². The van der Waals surface area contributed by atoms with Gasteiger partial charge in [0.05, 0.1) is 20.8 Å². The maximum absolute atomic E-state index is 9.84. The summed E-state index contributed by atoms with van der Waals surface area (Å²) in [5.41, 5.74) is 0. The lowest BCUT2D eigenvalue weighted by molar-refractivity contribution is -0.134. The predicted molar refractivity (Wildman–Crippen MR) is 48.1 cm³/mol. The Morgan fingerprint density at radius 1 is 1.54 bits per heavy atom. The van der Waals surface area contributed by atoms with Gasteiger partial charge in [0.15, 0.2) is 0 Å². The number of carbonyl (C=O) groups is 1. The SMILES string of the molecule is C=C(OC)C1CO1.C=CC(=O)OC. The molecular weight excluding hydrogens is 172 g/mol. The molecule has 1 saturated heterocycles. The van der Waals surface area contributed by atoms with Crippen LogP contribution in [0.1, 0.15) is 0 Å². The van der Waals surface area contributed by atoms with Crippen LogP contribution in [0.4, 0.5) is 0 Å². The van der Waals surface area contributed by atoms with E-state index in [0.717, 1.165) is 18.4 Å². The molecule has 1 rings (SSSR count). The highest BCUT2D eigenvalue weighted by Gasteiger charge is 2.26. The van der Waals surface area contributed by atoms with Crippen LogP contribution in [0, 0.1) is 0 Å². The number of epoxide rings is 1. The van der Waals surface area contributed by atoms with Crippen molar-refractivity contribution in [1.82, 2.24) is 0 Å². The minimum Gasteiger partial charge on any atom is -0.499 e. The van der Waals surface area contributed by atoms with Crippen LogP contribution in [0.15, 0.2) is 25.0 Å². The fourth-order valence-corrected chi connectivity index (χ4v) is 0.449. The second kappa shape index (κ2) is 6.25. The number of methoxy groups -OCH3 is 2. The zero-order chi connectivity index (χ0) is 10.3. The van der Waals surface area contributed by atoms with E-state index in [0.29, 0.717) is 0 Å². The molecule has 0 aromatic rings. The highest BCUT2D eigenvalue weighted by molar-refractivity contribution is 5.80. The van der Waals surface area contributed by atoms with E-state index < -0.39 is 5.97 Å². The number of rotatable bonds is 3. The number of hydrogen-bond donors (Lipinski definition) is 0. The molecule has 0 amide bonds. The fourth-order valence-electron chi connectivity index (χ4n) is 0.449. The Hall–Kier alpha value is -1.29.